The predicted octanol–water partition coefficient (Wildman–Crippen LogP) is 3.59. The van der Waals surface area contributed by atoms with Gasteiger partial charge in [0.05, 0.1) is 18.9 Å². The molecule has 0 bridgehead atoms. The molecule has 0 fully saturated rings. The van der Waals surface area contributed by atoms with E-state index in [0.717, 1.165) is 5.56 Å². The first kappa shape index (κ1) is 21.0. The number of carbonyl (C=O) groups excluding carboxylic acids is 2. The van der Waals surface area contributed by atoms with Gasteiger partial charge in [0.15, 0.2) is 11.5 Å². The summed E-state index contributed by atoms with van der Waals surface area (Å²) >= 11 is 0. The van der Waals surface area contributed by atoms with Crippen LogP contribution in [-0.2, 0) is 4.79 Å². The number of nitrogens with zero attached hydrogens (tertiary/aromatic N) is 1. The van der Waals surface area contributed by atoms with Crippen molar-refractivity contribution in [3.63, 3.8) is 0 Å². The molecule has 0 unspecified atom stereocenters. The van der Waals surface area contributed by atoms with Gasteiger partial charge in [-0.05, 0) is 62.7 Å². The van der Waals surface area contributed by atoms with Crippen LogP contribution < -0.4 is 20.2 Å². The summed E-state index contributed by atoms with van der Waals surface area (Å²) in [7, 11) is 0. The molecule has 0 saturated carbocycles. The molecule has 0 spiro atoms. The lowest BCUT2D eigenvalue weighted by atomic mass is 10.2. The molecule has 0 aliphatic carbocycles. The molecule has 0 saturated heterocycles. The third kappa shape index (κ3) is 6.42. The van der Waals surface area contributed by atoms with Crippen LogP contribution in [0.5, 0.6) is 11.5 Å². The maximum Gasteiger partial charge on any atom is 0.271 e. The van der Waals surface area contributed by atoms with Gasteiger partial charge in [0.25, 0.3) is 5.91 Å². The molecule has 148 valence electrons. The number of hydrogen-bond donors (Lipinski definition) is 2. The van der Waals surface area contributed by atoms with E-state index in [4.69, 9.17) is 9.47 Å². The molecule has 0 radical (unpaired) electrons. The number of carbonyl (C=O) groups is 2. The van der Waals surface area contributed by atoms with Gasteiger partial charge in [0.2, 0.25) is 5.91 Å². The lowest BCUT2D eigenvalue weighted by Gasteiger charge is -2.14. The van der Waals surface area contributed by atoms with Gasteiger partial charge in [-0.25, -0.2) is 5.43 Å². The Morgan fingerprint density at radius 2 is 1.93 bits per heavy atom. The summed E-state index contributed by atoms with van der Waals surface area (Å²) < 4.78 is 11.3. The van der Waals surface area contributed by atoms with E-state index in [9.17, 15) is 9.59 Å². The molecule has 0 aliphatic heterocycles. The van der Waals surface area contributed by atoms with Gasteiger partial charge in [-0.1, -0.05) is 6.07 Å². The molecule has 2 amide bonds. The first-order valence-corrected chi connectivity index (χ1v) is 9.03. The van der Waals surface area contributed by atoms with Gasteiger partial charge < -0.3 is 14.8 Å². The highest BCUT2D eigenvalue weighted by atomic mass is 16.5. The van der Waals surface area contributed by atoms with Crippen LogP contribution in [0.3, 0.4) is 0 Å². The molecule has 2 aromatic rings. The zero-order valence-electron chi connectivity index (χ0n) is 16.5. The second-order valence-electron chi connectivity index (χ2n) is 6.27. The van der Waals surface area contributed by atoms with E-state index in [1.165, 1.54) is 13.1 Å². The Labute approximate surface area is 164 Å². The molecule has 0 heterocycles. The molecule has 7 nitrogen and oxygen atoms in total. The highest BCUT2D eigenvalue weighted by Crippen LogP contribution is 2.28. The van der Waals surface area contributed by atoms with Crippen LogP contribution in [0.25, 0.3) is 0 Å². The summed E-state index contributed by atoms with van der Waals surface area (Å²) in [6, 6.07) is 12.1. The molecule has 2 N–H and O–H groups in total. The first-order valence-electron chi connectivity index (χ1n) is 9.03. The lowest BCUT2D eigenvalue weighted by Crippen LogP contribution is -2.18. The van der Waals surface area contributed by atoms with E-state index < -0.39 is 0 Å². The van der Waals surface area contributed by atoms with Crippen LogP contribution in [0.4, 0.5) is 5.69 Å². The standard InChI is InChI=1S/C21H25N3O4/c1-5-27-20-11-16(9-10-19(20)28-14(2)3)13-22-24-21(26)17-7-6-8-18(12-17)23-15(4)25/h6-14H,5H2,1-4H3,(H,23,25)(H,24,26). The highest BCUT2D eigenvalue weighted by Gasteiger charge is 2.08. The minimum atomic E-state index is -0.381. The zero-order chi connectivity index (χ0) is 20.5. The fourth-order valence-corrected chi connectivity index (χ4v) is 2.40. The molecule has 0 aliphatic rings. The normalized spacial score (nSPS) is 10.8. The van der Waals surface area contributed by atoms with Gasteiger partial charge in [-0.2, -0.15) is 5.10 Å². The van der Waals surface area contributed by atoms with Crippen molar-refractivity contribution < 1.29 is 19.1 Å². The third-order valence-corrected chi connectivity index (χ3v) is 3.46. The van der Waals surface area contributed by atoms with E-state index >= 15 is 0 Å². The third-order valence-electron chi connectivity index (χ3n) is 3.46. The average Bonchev–Trinajstić information content (AvgIpc) is 2.63. The van der Waals surface area contributed by atoms with Crippen LogP contribution in [0, 0.1) is 0 Å². The maximum absolute atomic E-state index is 12.2. The van der Waals surface area contributed by atoms with Crippen molar-refractivity contribution >= 4 is 23.7 Å². The van der Waals surface area contributed by atoms with E-state index in [2.05, 4.69) is 15.8 Å². The monoisotopic (exact) mass is 383 g/mol. The molecular weight excluding hydrogens is 358 g/mol. The van der Waals surface area contributed by atoms with Crippen molar-refractivity contribution in [2.45, 2.75) is 33.8 Å². The van der Waals surface area contributed by atoms with Crippen molar-refractivity contribution in [3.05, 3.63) is 53.6 Å². The fraction of sp³-hybridized carbons (Fsp3) is 0.286. The first-order chi connectivity index (χ1) is 13.4. The second kappa shape index (κ2) is 10.1. The Morgan fingerprint density at radius 3 is 2.61 bits per heavy atom. The fourth-order valence-electron chi connectivity index (χ4n) is 2.40. The number of ether oxygens (including phenoxy) is 2. The Morgan fingerprint density at radius 1 is 1.14 bits per heavy atom. The highest BCUT2D eigenvalue weighted by molar-refractivity contribution is 5.97. The van der Waals surface area contributed by atoms with Crippen molar-refractivity contribution in [1.82, 2.24) is 5.43 Å². The average molecular weight is 383 g/mol. The molecular formula is C21H25N3O4. The number of nitrogens with one attached hydrogen (secondary N) is 2. The van der Waals surface area contributed by atoms with E-state index in [-0.39, 0.29) is 17.9 Å². The van der Waals surface area contributed by atoms with Crippen LogP contribution in [0.1, 0.15) is 43.6 Å². The summed E-state index contributed by atoms with van der Waals surface area (Å²) in [6.07, 6.45) is 1.56. The summed E-state index contributed by atoms with van der Waals surface area (Å²) in [5.74, 6) is 0.695. The van der Waals surface area contributed by atoms with Gasteiger partial charge in [0, 0.05) is 18.2 Å². The summed E-state index contributed by atoms with van der Waals surface area (Å²) in [6.45, 7) is 7.71. The minimum Gasteiger partial charge on any atom is -0.490 e. The topological polar surface area (TPSA) is 89.0 Å². The maximum atomic E-state index is 12.2. The number of amides is 2. The van der Waals surface area contributed by atoms with E-state index in [0.29, 0.717) is 29.4 Å². The van der Waals surface area contributed by atoms with Gasteiger partial charge in [-0.3, -0.25) is 9.59 Å². The molecule has 2 aromatic carbocycles. The van der Waals surface area contributed by atoms with E-state index in [1.54, 1.807) is 30.3 Å². The number of hydrogen-bond acceptors (Lipinski definition) is 5. The Hall–Kier alpha value is -3.35. The number of anilines is 1. The molecule has 0 atom stereocenters. The van der Waals surface area contributed by atoms with E-state index in [1.807, 2.05) is 32.9 Å². The Bertz CT molecular complexity index is 862. The van der Waals surface area contributed by atoms with Crippen LogP contribution in [-0.4, -0.2) is 30.7 Å². The smallest absolute Gasteiger partial charge is 0.271 e. The SMILES string of the molecule is CCOc1cc(C=NNC(=O)c2cccc(NC(C)=O)c2)ccc1OC(C)C. The quantitative estimate of drug-likeness (QED) is 0.538. The molecule has 28 heavy (non-hydrogen) atoms. The number of rotatable bonds is 8. The molecule has 2 rings (SSSR count). The van der Waals surface area contributed by atoms with Crippen molar-refractivity contribution in [2.24, 2.45) is 5.10 Å². The van der Waals surface area contributed by atoms with Crippen LogP contribution >= 0.6 is 0 Å². The largest absolute Gasteiger partial charge is 0.490 e. The summed E-state index contributed by atoms with van der Waals surface area (Å²) in [4.78, 5) is 23.4. The zero-order valence-corrected chi connectivity index (χ0v) is 16.5. The van der Waals surface area contributed by atoms with Crippen molar-refractivity contribution in [2.75, 3.05) is 11.9 Å². The summed E-state index contributed by atoms with van der Waals surface area (Å²) in [5.41, 5.74) is 4.16. The number of benzene rings is 2. The van der Waals surface area contributed by atoms with Crippen molar-refractivity contribution in [1.29, 1.82) is 0 Å². The Balaban J connectivity index is 2.06. The minimum absolute atomic E-state index is 0.0336. The van der Waals surface area contributed by atoms with Gasteiger partial charge >= 0.3 is 0 Å². The lowest BCUT2D eigenvalue weighted by molar-refractivity contribution is -0.114. The van der Waals surface area contributed by atoms with Crippen LogP contribution in [0.15, 0.2) is 47.6 Å². The van der Waals surface area contributed by atoms with Gasteiger partial charge in [-0.15, -0.1) is 0 Å². The summed E-state index contributed by atoms with van der Waals surface area (Å²) in [5, 5.41) is 6.63. The van der Waals surface area contributed by atoms with Gasteiger partial charge in [0.1, 0.15) is 0 Å². The number of hydrazone groups is 1. The molecule has 0 aromatic heterocycles. The van der Waals surface area contributed by atoms with Crippen molar-refractivity contribution in [3.8, 4) is 11.5 Å². The molecule has 7 heteroatoms. The van der Waals surface area contributed by atoms with Crippen LogP contribution in [0.2, 0.25) is 0 Å². The second-order valence-corrected chi connectivity index (χ2v) is 6.27. The Kier molecular flexibility index (Phi) is 7.56. The predicted molar refractivity (Wildman–Crippen MR) is 109 cm³/mol.